The van der Waals surface area contributed by atoms with Crippen LogP contribution < -0.4 is 5.32 Å². The topological polar surface area (TPSA) is 81.4 Å². The Balaban J connectivity index is 1.71. The van der Waals surface area contributed by atoms with Crippen molar-refractivity contribution < 1.29 is 23.2 Å². The summed E-state index contributed by atoms with van der Waals surface area (Å²) >= 11 is 6.15. The summed E-state index contributed by atoms with van der Waals surface area (Å²) in [6.07, 6.45) is 0. The molecule has 8 heteroatoms. The fourth-order valence-corrected chi connectivity index (χ4v) is 2.79. The SMILES string of the molecule is Cc1ccc(NC(=O)COC(=O)c2c(-c3ccccc3Cl)noc2C)c(F)c1. The van der Waals surface area contributed by atoms with Gasteiger partial charge >= 0.3 is 5.97 Å². The van der Waals surface area contributed by atoms with Gasteiger partial charge in [0.05, 0.1) is 10.7 Å². The van der Waals surface area contributed by atoms with E-state index in [0.717, 1.165) is 5.56 Å². The van der Waals surface area contributed by atoms with Crippen molar-refractivity contribution in [3.05, 3.63) is 70.2 Å². The number of esters is 1. The van der Waals surface area contributed by atoms with Crippen molar-refractivity contribution in [2.45, 2.75) is 13.8 Å². The Morgan fingerprint density at radius 1 is 1.21 bits per heavy atom. The van der Waals surface area contributed by atoms with Crippen molar-refractivity contribution in [2.75, 3.05) is 11.9 Å². The Morgan fingerprint density at radius 2 is 1.96 bits per heavy atom. The first kappa shape index (κ1) is 19.6. The van der Waals surface area contributed by atoms with Gasteiger partial charge in [-0.25, -0.2) is 9.18 Å². The molecule has 1 heterocycles. The molecule has 3 aromatic rings. The lowest BCUT2D eigenvalue weighted by Gasteiger charge is -2.08. The number of carbonyl (C=O) groups is 2. The summed E-state index contributed by atoms with van der Waals surface area (Å²) < 4.78 is 24.0. The minimum absolute atomic E-state index is 0.00423. The van der Waals surface area contributed by atoms with Gasteiger partial charge in [-0.2, -0.15) is 0 Å². The van der Waals surface area contributed by atoms with Crippen LogP contribution in [0.2, 0.25) is 5.02 Å². The molecule has 0 saturated carbocycles. The van der Waals surface area contributed by atoms with Crippen molar-refractivity contribution in [2.24, 2.45) is 0 Å². The van der Waals surface area contributed by atoms with Crippen molar-refractivity contribution in [1.82, 2.24) is 5.16 Å². The average Bonchev–Trinajstić information content (AvgIpc) is 3.04. The van der Waals surface area contributed by atoms with E-state index in [1.54, 1.807) is 44.2 Å². The van der Waals surface area contributed by atoms with Gasteiger partial charge in [0, 0.05) is 5.56 Å². The van der Waals surface area contributed by atoms with Crippen molar-refractivity contribution in [3.8, 4) is 11.3 Å². The lowest BCUT2D eigenvalue weighted by atomic mass is 10.1. The fraction of sp³-hybridized carbons (Fsp3) is 0.150. The third kappa shape index (κ3) is 4.20. The Hall–Kier alpha value is -3.19. The van der Waals surface area contributed by atoms with Crippen LogP contribution in [0.5, 0.6) is 0 Å². The molecule has 0 saturated heterocycles. The van der Waals surface area contributed by atoms with Crippen LogP contribution in [0.15, 0.2) is 47.0 Å². The highest BCUT2D eigenvalue weighted by atomic mass is 35.5. The molecule has 0 radical (unpaired) electrons. The van der Waals surface area contributed by atoms with Crippen LogP contribution in [0, 0.1) is 19.7 Å². The number of ether oxygens (including phenoxy) is 1. The third-order valence-corrected chi connectivity index (χ3v) is 4.26. The minimum Gasteiger partial charge on any atom is -0.452 e. The maximum Gasteiger partial charge on any atom is 0.344 e. The van der Waals surface area contributed by atoms with E-state index in [9.17, 15) is 14.0 Å². The molecule has 144 valence electrons. The van der Waals surface area contributed by atoms with Gasteiger partial charge in [0.2, 0.25) is 0 Å². The molecule has 0 spiro atoms. The van der Waals surface area contributed by atoms with Gasteiger partial charge in [-0.05, 0) is 37.6 Å². The number of nitrogens with zero attached hydrogens (tertiary/aromatic N) is 1. The van der Waals surface area contributed by atoms with Crippen LogP contribution in [-0.2, 0) is 9.53 Å². The molecule has 1 N–H and O–H groups in total. The van der Waals surface area contributed by atoms with Gasteiger partial charge in [-0.3, -0.25) is 4.79 Å². The summed E-state index contributed by atoms with van der Waals surface area (Å²) in [7, 11) is 0. The summed E-state index contributed by atoms with van der Waals surface area (Å²) in [4.78, 5) is 24.5. The Kier molecular flexibility index (Phi) is 5.75. The van der Waals surface area contributed by atoms with E-state index in [0.29, 0.717) is 10.6 Å². The molecule has 0 aliphatic carbocycles. The van der Waals surface area contributed by atoms with Gasteiger partial charge in [-0.1, -0.05) is 41.0 Å². The molecule has 0 aliphatic heterocycles. The van der Waals surface area contributed by atoms with Gasteiger partial charge in [0.1, 0.15) is 22.8 Å². The molecule has 0 unspecified atom stereocenters. The maximum absolute atomic E-state index is 13.8. The third-order valence-electron chi connectivity index (χ3n) is 3.93. The van der Waals surface area contributed by atoms with E-state index >= 15 is 0 Å². The van der Waals surface area contributed by atoms with Crippen LogP contribution in [-0.4, -0.2) is 23.6 Å². The van der Waals surface area contributed by atoms with Crippen LogP contribution in [0.4, 0.5) is 10.1 Å². The van der Waals surface area contributed by atoms with Crippen LogP contribution in [0.25, 0.3) is 11.3 Å². The Morgan fingerprint density at radius 3 is 2.68 bits per heavy atom. The largest absolute Gasteiger partial charge is 0.452 e. The zero-order valence-corrected chi connectivity index (χ0v) is 15.8. The van der Waals surface area contributed by atoms with E-state index in [2.05, 4.69) is 10.5 Å². The second kappa shape index (κ2) is 8.22. The fourth-order valence-electron chi connectivity index (χ4n) is 2.56. The summed E-state index contributed by atoms with van der Waals surface area (Å²) in [5.74, 6) is -1.82. The summed E-state index contributed by atoms with van der Waals surface area (Å²) in [5, 5.41) is 6.62. The first-order valence-corrected chi connectivity index (χ1v) is 8.69. The number of hydrogen-bond donors (Lipinski definition) is 1. The normalized spacial score (nSPS) is 10.6. The van der Waals surface area contributed by atoms with Crippen LogP contribution in [0.1, 0.15) is 21.7 Å². The number of halogens is 2. The smallest absolute Gasteiger partial charge is 0.344 e. The number of aromatic nitrogens is 1. The highest BCUT2D eigenvalue weighted by molar-refractivity contribution is 6.33. The van der Waals surface area contributed by atoms with E-state index in [1.807, 2.05) is 0 Å². The maximum atomic E-state index is 13.8. The van der Waals surface area contributed by atoms with Crippen LogP contribution >= 0.6 is 11.6 Å². The van der Waals surface area contributed by atoms with Crippen molar-refractivity contribution in [1.29, 1.82) is 0 Å². The van der Waals surface area contributed by atoms with E-state index in [1.165, 1.54) is 12.1 Å². The molecule has 1 amide bonds. The van der Waals surface area contributed by atoms with E-state index in [4.69, 9.17) is 20.9 Å². The summed E-state index contributed by atoms with van der Waals surface area (Å²) in [6, 6.07) is 11.2. The first-order valence-electron chi connectivity index (χ1n) is 8.31. The lowest BCUT2D eigenvalue weighted by molar-refractivity contribution is -0.119. The summed E-state index contributed by atoms with van der Waals surface area (Å²) in [5.41, 5.74) is 1.51. The number of nitrogens with one attached hydrogen (secondary N) is 1. The first-order chi connectivity index (χ1) is 13.4. The van der Waals surface area contributed by atoms with Gasteiger partial charge in [0.25, 0.3) is 5.91 Å². The molecular formula is C20H16ClFN2O4. The minimum atomic E-state index is -0.798. The van der Waals surface area contributed by atoms with Gasteiger partial charge in [-0.15, -0.1) is 0 Å². The molecule has 2 aromatic carbocycles. The highest BCUT2D eigenvalue weighted by Gasteiger charge is 2.25. The molecule has 0 bridgehead atoms. The molecule has 0 atom stereocenters. The predicted octanol–water partition coefficient (Wildman–Crippen LogP) is 4.55. The zero-order valence-electron chi connectivity index (χ0n) is 15.1. The van der Waals surface area contributed by atoms with E-state index in [-0.39, 0.29) is 22.7 Å². The Labute approximate surface area is 165 Å². The monoisotopic (exact) mass is 402 g/mol. The average molecular weight is 403 g/mol. The number of aryl methyl sites for hydroxylation is 2. The molecule has 0 aliphatic rings. The Bertz CT molecular complexity index is 1050. The van der Waals surface area contributed by atoms with Crippen molar-refractivity contribution >= 4 is 29.2 Å². The number of amides is 1. The predicted molar refractivity (Wildman–Crippen MR) is 102 cm³/mol. The molecule has 28 heavy (non-hydrogen) atoms. The summed E-state index contributed by atoms with van der Waals surface area (Å²) in [6.45, 7) is 2.68. The number of benzene rings is 2. The number of hydrogen-bond acceptors (Lipinski definition) is 5. The number of anilines is 1. The molecule has 3 rings (SSSR count). The molecular weight excluding hydrogens is 387 g/mol. The van der Waals surface area contributed by atoms with Gasteiger partial charge < -0.3 is 14.6 Å². The highest BCUT2D eigenvalue weighted by Crippen LogP contribution is 2.31. The molecule has 1 aromatic heterocycles. The number of rotatable bonds is 5. The van der Waals surface area contributed by atoms with Gasteiger partial charge in [0.15, 0.2) is 6.61 Å². The van der Waals surface area contributed by atoms with E-state index < -0.39 is 24.3 Å². The molecule has 0 fully saturated rings. The number of carbonyl (C=O) groups excluding carboxylic acids is 2. The van der Waals surface area contributed by atoms with Crippen molar-refractivity contribution in [3.63, 3.8) is 0 Å². The standard InChI is InChI=1S/C20H16ClFN2O4/c1-11-7-8-16(15(22)9-11)23-17(25)10-27-20(26)18-12(2)28-24-19(18)13-5-3-4-6-14(13)21/h3-9H,10H2,1-2H3,(H,23,25). The van der Waals surface area contributed by atoms with Crippen LogP contribution in [0.3, 0.4) is 0 Å². The second-order valence-electron chi connectivity index (χ2n) is 6.05. The zero-order chi connectivity index (χ0) is 20.3. The molecule has 6 nitrogen and oxygen atoms in total. The lowest BCUT2D eigenvalue weighted by Crippen LogP contribution is -2.21. The second-order valence-corrected chi connectivity index (χ2v) is 6.46. The quantitative estimate of drug-likeness (QED) is 0.633.